The van der Waals surface area contributed by atoms with Crippen LogP contribution in [0.2, 0.25) is 0 Å². The van der Waals surface area contributed by atoms with Crippen LogP contribution < -0.4 is 10.6 Å². The number of aryl methyl sites for hydroxylation is 2. The van der Waals surface area contributed by atoms with E-state index in [0.717, 1.165) is 28.9 Å². The van der Waals surface area contributed by atoms with Crippen molar-refractivity contribution in [2.45, 2.75) is 44.1 Å². The maximum absolute atomic E-state index is 13.1. The Kier molecular flexibility index (Phi) is 3.59. The Hall–Kier alpha value is -3.16. The summed E-state index contributed by atoms with van der Waals surface area (Å²) >= 11 is 0. The van der Waals surface area contributed by atoms with Crippen molar-refractivity contribution >= 4 is 23.5 Å². The fraction of sp³-hybridized carbons (Fsp3) is 0.400. The highest BCUT2D eigenvalue weighted by molar-refractivity contribution is 6.11. The number of fused-ring (bicyclic) bond motifs is 2. The first kappa shape index (κ1) is 17.0. The van der Waals surface area contributed by atoms with Gasteiger partial charge in [0.15, 0.2) is 5.76 Å². The van der Waals surface area contributed by atoms with Gasteiger partial charge >= 0.3 is 6.03 Å². The molecule has 1 unspecified atom stereocenters. The van der Waals surface area contributed by atoms with Crippen LogP contribution in [-0.2, 0) is 21.5 Å². The van der Waals surface area contributed by atoms with Crippen molar-refractivity contribution in [3.8, 4) is 0 Å². The zero-order valence-corrected chi connectivity index (χ0v) is 15.4. The Morgan fingerprint density at radius 2 is 2.14 bits per heavy atom. The standard InChI is InChI=1S/C20H20N4O4/c1-11-16(17(28-23-11)13-6-7-13)21-15(25)10-24-18(26)20(22-19(24)27)9-8-12-4-2-3-5-14(12)20/h2-5,13H,6-10H2,1H3,(H,21,25)(H,22,27). The van der Waals surface area contributed by atoms with E-state index in [1.807, 2.05) is 24.3 Å². The van der Waals surface area contributed by atoms with E-state index in [4.69, 9.17) is 4.52 Å². The highest BCUT2D eigenvalue weighted by Gasteiger charge is 2.55. The molecular weight excluding hydrogens is 360 g/mol. The van der Waals surface area contributed by atoms with Crippen LogP contribution in [0.5, 0.6) is 0 Å². The number of aromatic nitrogens is 1. The van der Waals surface area contributed by atoms with E-state index in [1.54, 1.807) is 6.92 Å². The van der Waals surface area contributed by atoms with E-state index in [9.17, 15) is 14.4 Å². The molecule has 2 heterocycles. The van der Waals surface area contributed by atoms with Gasteiger partial charge in [0.1, 0.15) is 23.5 Å². The highest BCUT2D eigenvalue weighted by atomic mass is 16.5. The van der Waals surface area contributed by atoms with Crippen molar-refractivity contribution in [3.05, 3.63) is 46.8 Å². The molecule has 1 saturated carbocycles. The Bertz CT molecular complexity index is 1010. The van der Waals surface area contributed by atoms with E-state index in [0.29, 0.717) is 30.0 Å². The number of carbonyl (C=O) groups is 3. The second kappa shape index (κ2) is 5.92. The average molecular weight is 380 g/mol. The first-order chi connectivity index (χ1) is 13.5. The minimum absolute atomic E-state index is 0.284. The molecule has 1 spiro atoms. The smallest absolute Gasteiger partial charge is 0.325 e. The van der Waals surface area contributed by atoms with Crippen LogP contribution in [0.4, 0.5) is 10.5 Å². The number of nitrogens with one attached hydrogen (secondary N) is 2. The molecule has 1 atom stereocenters. The second-order valence-corrected chi connectivity index (χ2v) is 7.71. The Balaban J connectivity index is 1.35. The number of amides is 4. The van der Waals surface area contributed by atoms with Crippen molar-refractivity contribution < 1.29 is 18.9 Å². The van der Waals surface area contributed by atoms with Gasteiger partial charge in [-0.2, -0.15) is 0 Å². The topological polar surface area (TPSA) is 105 Å². The van der Waals surface area contributed by atoms with Crippen molar-refractivity contribution in [3.63, 3.8) is 0 Å². The minimum atomic E-state index is -1.06. The monoisotopic (exact) mass is 380 g/mol. The van der Waals surface area contributed by atoms with E-state index in [2.05, 4.69) is 15.8 Å². The van der Waals surface area contributed by atoms with Crippen molar-refractivity contribution in [1.29, 1.82) is 0 Å². The lowest BCUT2D eigenvalue weighted by molar-refractivity contribution is -0.134. The third-order valence-corrected chi connectivity index (χ3v) is 5.83. The molecule has 0 bridgehead atoms. The fourth-order valence-corrected chi connectivity index (χ4v) is 4.22. The van der Waals surface area contributed by atoms with Gasteiger partial charge in [-0.15, -0.1) is 0 Å². The van der Waals surface area contributed by atoms with E-state index in [-0.39, 0.29) is 18.4 Å². The van der Waals surface area contributed by atoms with Crippen LogP contribution in [0.3, 0.4) is 0 Å². The fourth-order valence-electron chi connectivity index (χ4n) is 4.22. The first-order valence-electron chi connectivity index (χ1n) is 9.48. The molecule has 1 aromatic heterocycles. The molecule has 2 N–H and O–H groups in total. The summed E-state index contributed by atoms with van der Waals surface area (Å²) in [6.07, 6.45) is 3.23. The lowest BCUT2D eigenvalue weighted by Crippen LogP contribution is -2.43. The van der Waals surface area contributed by atoms with Crippen LogP contribution in [0, 0.1) is 6.92 Å². The number of anilines is 1. The summed E-state index contributed by atoms with van der Waals surface area (Å²) in [5, 5.41) is 9.53. The number of benzene rings is 1. The number of urea groups is 1. The molecule has 144 valence electrons. The maximum Gasteiger partial charge on any atom is 0.325 e. The predicted molar refractivity (Wildman–Crippen MR) is 98.5 cm³/mol. The van der Waals surface area contributed by atoms with Crippen LogP contribution in [-0.4, -0.2) is 34.4 Å². The van der Waals surface area contributed by atoms with E-state index < -0.39 is 17.5 Å². The molecular formula is C20H20N4O4. The largest absolute Gasteiger partial charge is 0.359 e. The molecule has 8 nitrogen and oxygen atoms in total. The summed E-state index contributed by atoms with van der Waals surface area (Å²) < 4.78 is 5.32. The van der Waals surface area contributed by atoms with Gasteiger partial charge in [-0.25, -0.2) is 4.79 Å². The molecule has 4 amide bonds. The molecule has 2 aromatic rings. The van der Waals surface area contributed by atoms with Gasteiger partial charge in [0.2, 0.25) is 5.91 Å². The Labute approximate surface area is 161 Å². The molecule has 5 rings (SSSR count). The second-order valence-electron chi connectivity index (χ2n) is 7.71. The minimum Gasteiger partial charge on any atom is -0.359 e. The molecule has 3 aliphatic rings. The predicted octanol–water partition coefficient (Wildman–Crippen LogP) is 2.19. The third kappa shape index (κ3) is 2.44. The number of hydrogen-bond acceptors (Lipinski definition) is 5. The number of nitrogens with zero attached hydrogens (tertiary/aromatic N) is 2. The normalized spacial score (nSPS) is 23.2. The molecule has 2 aliphatic carbocycles. The van der Waals surface area contributed by atoms with Gasteiger partial charge < -0.3 is 15.2 Å². The molecule has 8 heteroatoms. The molecule has 1 saturated heterocycles. The summed E-state index contributed by atoms with van der Waals surface area (Å²) in [7, 11) is 0. The van der Waals surface area contributed by atoms with Gasteiger partial charge in [0.25, 0.3) is 5.91 Å². The summed E-state index contributed by atoms with van der Waals surface area (Å²) in [6.45, 7) is 1.41. The Morgan fingerprint density at radius 3 is 2.93 bits per heavy atom. The quantitative estimate of drug-likeness (QED) is 0.791. The molecule has 0 radical (unpaired) electrons. The van der Waals surface area contributed by atoms with E-state index >= 15 is 0 Å². The SMILES string of the molecule is Cc1noc(C2CC2)c1NC(=O)CN1C(=O)NC2(CCc3ccccc32)C1=O. The first-order valence-corrected chi connectivity index (χ1v) is 9.48. The van der Waals surface area contributed by atoms with E-state index in [1.165, 1.54) is 0 Å². The summed E-state index contributed by atoms with van der Waals surface area (Å²) in [5.41, 5.74) is 1.97. The lowest BCUT2D eigenvalue weighted by Gasteiger charge is -2.22. The molecule has 2 fully saturated rings. The lowest BCUT2D eigenvalue weighted by atomic mass is 9.92. The van der Waals surface area contributed by atoms with Crippen molar-refractivity contribution in [1.82, 2.24) is 15.4 Å². The molecule has 1 aromatic carbocycles. The number of rotatable bonds is 4. The molecule has 28 heavy (non-hydrogen) atoms. The highest BCUT2D eigenvalue weighted by Crippen LogP contribution is 2.44. The van der Waals surface area contributed by atoms with Gasteiger partial charge in [0, 0.05) is 5.92 Å². The van der Waals surface area contributed by atoms with Gasteiger partial charge in [-0.1, -0.05) is 29.4 Å². The van der Waals surface area contributed by atoms with Crippen molar-refractivity contribution in [2.75, 3.05) is 11.9 Å². The average Bonchev–Trinajstić information content (AvgIpc) is 3.32. The Morgan fingerprint density at radius 1 is 1.36 bits per heavy atom. The van der Waals surface area contributed by atoms with Crippen molar-refractivity contribution in [2.24, 2.45) is 0 Å². The number of carbonyl (C=O) groups excluding carboxylic acids is 3. The zero-order chi connectivity index (χ0) is 19.5. The summed E-state index contributed by atoms with van der Waals surface area (Å²) in [5.74, 6) is 0.137. The van der Waals surface area contributed by atoms with Crippen LogP contribution in [0.1, 0.15) is 47.8 Å². The number of imide groups is 1. The summed E-state index contributed by atoms with van der Waals surface area (Å²) in [4.78, 5) is 39.2. The van der Waals surface area contributed by atoms with Gasteiger partial charge in [-0.3, -0.25) is 14.5 Å². The summed E-state index contributed by atoms with van der Waals surface area (Å²) in [6, 6.07) is 7.07. The number of hydrogen-bond donors (Lipinski definition) is 2. The van der Waals surface area contributed by atoms with Crippen LogP contribution >= 0.6 is 0 Å². The third-order valence-electron chi connectivity index (χ3n) is 5.83. The zero-order valence-electron chi connectivity index (χ0n) is 15.4. The maximum atomic E-state index is 13.1. The van der Waals surface area contributed by atoms with Crippen LogP contribution in [0.25, 0.3) is 0 Å². The van der Waals surface area contributed by atoms with Gasteiger partial charge in [0.05, 0.1) is 0 Å². The molecule has 1 aliphatic heterocycles. The van der Waals surface area contributed by atoms with Gasteiger partial charge in [-0.05, 0) is 43.7 Å². The van der Waals surface area contributed by atoms with Crippen LogP contribution in [0.15, 0.2) is 28.8 Å².